The van der Waals surface area contributed by atoms with E-state index in [4.69, 9.17) is 0 Å². The van der Waals surface area contributed by atoms with Gasteiger partial charge in [-0.15, -0.1) is 0 Å². The molecule has 0 aromatic carbocycles. The first-order valence-corrected chi connectivity index (χ1v) is 8.77. The van der Waals surface area contributed by atoms with E-state index in [0.717, 1.165) is 19.3 Å². The summed E-state index contributed by atoms with van der Waals surface area (Å²) in [4.78, 5) is 11.5. The van der Waals surface area contributed by atoms with Crippen molar-refractivity contribution in [3.63, 3.8) is 0 Å². The summed E-state index contributed by atoms with van der Waals surface area (Å²) in [6.45, 7) is 8.87. The molecule has 0 aliphatic carbocycles. The molecule has 1 N–H and O–H groups in total. The number of aliphatic carboxylic acids is 1. The molecule has 0 heterocycles. The highest BCUT2D eigenvalue weighted by molar-refractivity contribution is 5.69. The van der Waals surface area contributed by atoms with Crippen molar-refractivity contribution < 1.29 is 9.90 Å². The van der Waals surface area contributed by atoms with Gasteiger partial charge in [-0.05, 0) is 31.1 Å². The third-order valence-electron chi connectivity index (χ3n) is 4.42. The molecule has 0 fully saturated rings. The summed E-state index contributed by atoms with van der Waals surface area (Å²) in [7, 11) is 0. The standard InChI is InChI=1S/C18H36O2/c1-5-8-11-16(10-7-3)14-17(18(19)20)13-12-15(4)9-6-2/h15-17H,5-14H2,1-4H3,(H,19,20). The van der Waals surface area contributed by atoms with Crippen molar-refractivity contribution in [2.75, 3.05) is 0 Å². The van der Waals surface area contributed by atoms with Gasteiger partial charge in [0.2, 0.25) is 0 Å². The lowest BCUT2D eigenvalue weighted by molar-refractivity contribution is -0.142. The maximum absolute atomic E-state index is 11.5. The van der Waals surface area contributed by atoms with Gasteiger partial charge in [-0.2, -0.15) is 0 Å². The Labute approximate surface area is 126 Å². The molecule has 120 valence electrons. The lowest BCUT2D eigenvalue weighted by atomic mass is 9.84. The number of unbranched alkanes of at least 4 members (excludes halogenated alkanes) is 1. The van der Waals surface area contributed by atoms with E-state index in [-0.39, 0.29) is 5.92 Å². The summed E-state index contributed by atoms with van der Waals surface area (Å²) in [5.74, 6) is 0.582. The summed E-state index contributed by atoms with van der Waals surface area (Å²) >= 11 is 0. The van der Waals surface area contributed by atoms with Gasteiger partial charge in [0, 0.05) is 0 Å². The largest absolute Gasteiger partial charge is 0.481 e. The topological polar surface area (TPSA) is 37.3 Å². The molecule has 0 spiro atoms. The molecule has 0 rings (SSSR count). The third kappa shape index (κ3) is 9.39. The van der Waals surface area contributed by atoms with Gasteiger partial charge in [0.1, 0.15) is 0 Å². The summed E-state index contributed by atoms with van der Waals surface area (Å²) in [5.41, 5.74) is 0. The second kappa shape index (κ2) is 12.2. The highest BCUT2D eigenvalue weighted by Crippen LogP contribution is 2.27. The van der Waals surface area contributed by atoms with Crippen molar-refractivity contribution in [1.82, 2.24) is 0 Å². The quantitative estimate of drug-likeness (QED) is 0.457. The molecule has 0 amide bonds. The highest BCUT2D eigenvalue weighted by Gasteiger charge is 2.22. The fourth-order valence-corrected chi connectivity index (χ4v) is 3.15. The predicted octanol–water partition coefficient (Wildman–Crippen LogP) is 5.90. The van der Waals surface area contributed by atoms with Crippen LogP contribution in [-0.2, 0) is 4.79 Å². The Morgan fingerprint density at radius 3 is 2.05 bits per heavy atom. The summed E-state index contributed by atoms with van der Waals surface area (Å²) in [6.07, 6.45) is 11.3. The average Bonchev–Trinajstić information content (AvgIpc) is 2.40. The van der Waals surface area contributed by atoms with Gasteiger partial charge >= 0.3 is 5.97 Å². The van der Waals surface area contributed by atoms with Crippen LogP contribution in [0.25, 0.3) is 0 Å². The zero-order valence-electron chi connectivity index (χ0n) is 14.2. The number of hydrogen-bond acceptors (Lipinski definition) is 1. The minimum absolute atomic E-state index is 0.122. The normalized spacial score (nSPS) is 15.8. The molecule has 2 nitrogen and oxygen atoms in total. The van der Waals surface area contributed by atoms with Crippen LogP contribution in [0.2, 0.25) is 0 Å². The first-order chi connectivity index (χ1) is 9.54. The van der Waals surface area contributed by atoms with Crippen LogP contribution in [0.15, 0.2) is 0 Å². The molecule has 3 atom stereocenters. The van der Waals surface area contributed by atoms with E-state index in [9.17, 15) is 9.90 Å². The summed E-state index contributed by atoms with van der Waals surface area (Å²) < 4.78 is 0. The fraction of sp³-hybridized carbons (Fsp3) is 0.944. The van der Waals surface area contributed by atoms with Crippen LogP contribution < -0.4 is 0 Å². The van der Waals surface area contributed by atoms with Crippen molar-refractivity contribution in [1.29, 1.82) is 0 Å². The Morgan fingerprint density at radius 1 is 0.900 bits per heavy atom. The van der Waals surface area contributed by atoms with E-state index in [1.807, 2.05) is 0 Å². The number of carboxylic acid groups (broad SMARTS) is 1. The molecule has 0 aromatic heterocycles. The Hall–Kier alpha value is -0.530. The Kier molecular flexibility index (Phi) is 11.9. The van der Waals surface area contributed by atoms with Gasteiger partial charge in [-0.3, -0.25) is 4.79 Å². The minimum atomic E-state index is -0.577. The summed E-state index contributed by atoms with van der Waals surface area (Å²) in [5, 5.41) is 9.46. The maximum atomic E-state index is 11.5. The lowest BCUT2D eigenvalue weighted by Crippen LogP contribution is -2.19. The van der Waals surface area contributed by atoms with Crippen molar-refractivity contribution in [2.24, 2.45) is 17.8 Å². The molecule has 0 aliphatic rings. The SMILES string of the molecule is CCCCC(CCC)CC(CCC(C)CCC)C(=O)O. The average molecular weight is 284 g/mol. The maximum Gasteiger partial charge on any atom is 0.306 e. The molecule has 2 heteroatoms. The van der Waals surface area contributed by atoms with Crippen LogP contribution in [0, 0.1) is 17.8 Å². The van der Waals surface area contributed by atoms with Crippen LogP contribution in [-0.4, -0.2) is 11.1 Å². The van der Waals surface area contributed by atoms with Crippen LogP contribution >= 0.6 is 0 Å². The van der Waals surface area contributed by atoms with Gasteiger partial charge in [0.25, 0.3) is 0 Å². The van der Waals surface area contributed by atoms with Gasteiger partial charge < -0.3 is 5.11 Å². The first kappa shape index (κ1) is 19.5. The molecule has 0 aliphatic heterocycles. The molecule has 3 unspecified atom stereocenters. The summed E-state index contributed by atoms with van der Waals surface area (Å²) in [6, 6.07) is 0. The number of rotatable bonds is 13. The zero-order chi connectivity index (χ0) is 15.4. The van der Waals surface area contributed by atoms with Gasteiger partial charge in [-0.1, -0.05) is 72.6 Å². The van der Waals surface area contributed by atoms with Crippen LogP contribution in [0.1, 0.15) is 91.9 Å². The third-order valence-corrected chi connectivity index (χ3v) is 4.42. The first-order valence-electron chi connectivity index (χ1n) is 8.77. The van der Waals surface area contributed by atoms with Crippen LogP contribution in [0.4, 0.5) is 0 Å². The molecule has 0 aromatic rings. The Balaban J connectivity index is 4.30. The van der Waals surface area contributed by atoms with E-state index in [1.165, 1.54) is 44.9 Å². The monoisotopic (exact) mass is 284 g/mol. The van der Waals surface area contributed by atoms with E-state index >= 15 is 0 Å². The van der Waals surface area contributed by atoms with Crippen molar-refractivity contribution in [2.45, 2.75) is 91.9 Å². The molecule has 0 bridgehead atoms. The molecule has 0 saturated carbocycles. The van der Waals surface area contributed by atoms with E-state index in [0.29, 0.717) is 11.8 Å². The van der Waals surface area contributed by atoms with Crippen LogP contribution in [0.5, 0.6) is 0 Å². The van der Waals surface area contributed by atoms with E-state index in [1.54, 1.807) is 0 Å². The molecular formula is C18H36O2. The number of carboxylic acids is 1. The number of carbonyl (C=O) groups is 1. The van der Waals surface area contributed by atoms with Crippen molar-refractivity contribution in [3.05, 3.63) is 0 Å². The van der Waals surface area contributed by atoms with Gasteiger partial charge in [-0.25, -0.2) is 0 Å². The van der Waals surface area contributed by atoms with Gasteiger partial charge in [0.15, 0.2) is 0 Å². The van der Waals surface area contributed by atoms with E-state index < -0.39 is 5.97 Å². The van der Waals surface area contributed by atoms with Gasteiger partial charge in [0.05, 0.1) is 5.92 Å². The molecular weight excluding hydrogens is 248 g/mol. The smallest absolute Gasteiger partial charge is 0.306 e. The molecule has 0 radical (unpaired) electrons. The lowest BCUT2D eigenvalue weighted by Gasteiger charge is -2.22. The number of hydrogen-bond donors (Lipinski definition) is 1. The second-order valence-corrected chi connectivity index (χ2v) is 6.54. The van der Waals surface area contributed by atoms with Crippen molar-refractivity contribution in [3.8, 4) is 0 Å². The van der Waals surface area contributed by atoms with Crippen molar-refractivity contribution >= 4 is 5.97 Å². The fourth-order valence-electron chi connectivity index (χ4n) is 3.15. The molecule has 0 saturated heterocycles. The van der Waals surface area contributed by atoms with E-state index in [2.05, 4.69) is 27.7 Å². The minimum Gasteiger partial charge on any atom is -0.481 e. The predicted molar refractivity (Wildman–Crippen MR) is 87.0 cm³/mol. The van der Waals surface area contributed by atoms with Crippen LogP contribution in [0.3, 0.4) is 0 Å². The Bertz CT molecular complexity index is 238. The second-order valence-electron chi connectivity index (χ2n) is 6.54. The molecule has 20 heavy (non-hydrogen) atoms. The Morgan fingerprint density at radius 2 is 1.55 bits per heavy atom. The zero-order valence-corrected chi connectivity index (χ0v) is 14.2. The highest BCUT2D eigenvalue weighted by atomic mass is 16.4.